The molecule has 2 heterocycles. The summed E-state index contributed by atoms with van der Waals surface area (Å²) in [5, 5.41) is 3.38. The van der Waals surface area contributed by atoms with Crippen LogP contribution >= 0.6 is 0 Å². The molecular formula is C17H15FN2. The van der Waals surface area contributed by atoms with E-state index in [0.717, 1.165) is 17.7 Å². The van der Waals surface area contributed by atoms with Crippen LogP contribution in [0.1, 0.15) is 29.6 Å². The highest BCUT2D eigenvalue weighted by Crippen LogP contribution is 2.49. The largest absolute Gasteiger partial charge is 0.374 e. The Kier molecular flexibility index (Phi) is 2.59. The van der Waals surface area contributed by atoms with Gasteiger partial charge in [-0.05, 0) is 36.1 Å². The van der Waals surface area contributed by atoms with Crippen molar-refractivity contribution in [3.05, 3.63) is 71.8 Å². The summed E-state index contributed by atoms with van der Waals surface area (Å²) in [4.78, 5) is 4.45. The van der Waals surface area contributed by atoms with Gasteiger partial charge >= 0.3 is 0 Å². The molecule has 2 nitrogen and oxygen atoms in total. The number of nitrogens with one attached hydrogen (secondary N) is 1. The average molecular weight is 266 g/mol. The SMILES string of the molecule is Fc1cccc2c1N[C@H](c1ccccn1)C1CC=CC21. The molecule has 1 aliphatic heterocycles. The second-order valence-electron chi connectivity index (χ2n) is 5.43. The van der Waals surface area contributed by atoms with Crippen LogP contribution in [0.3, 0.4) is 0 Å². The predicted octanol–water partition coefficient (Wildman–Crippen LogP) is 4.05. The summed E-state index contributed by atoms with van der Waals surface area (Å²) in [5.74, 6) is 0.523. The zero-order valence-electron chi connectivity index (χ0n) is 11.0. The zero-order valence-corrected chi connectivity index (χ0v) is 11.0. The monoisotopic (exact) mass is 266 g/mol. The maximum atomic E-state index is 14.1. The summed E-state index contributed by atoms with van der Waals surface area (Å²) in [6, 6.07) is 11.3. The van der Waals surface area contributed by atoms with Gasteiger partial charge in [-0.2, -0.15) is 0 Å². The molecule has 100 valence electrons. The molecule has 1 aromatic carbocycles. The first-order valence-electron chi connectivity index (χ1n) is 6.97. The van der Waals surface area contributed by atoms with Crippen LogP contribution in [0.25, 0.3) is 0 Å². The van der Waals surface area contributed by atoms with Gasteiger partial charge in [-0.3, -0.25) is 4.98 Å². The topological polar surface area (TPSA) is 24.9 Å². The van der Waals surface area contributed by atoms with Crippen molar-refractivity contribution in [2.75, 3.05) is 5.32 Å². The minimum Gasteiger partial charge on any atom is -0.374 e. The lowest BCUT2D eigenvalue weighted by atomic mass is 9.78. The molecule has 0 bridgehead atoms. The summed E-state index contributed by atoms with van der Waals surface area (Å²) in [5.41, 5.74) is 2.69. The molecule has 3 heteroatoms. The van der Waals surface area contributed by atoms with Gasteiger partial charge in [0.05, 0.1) is 17.4 Å². The number of hydrogen-bond acceptors (Lipinski definition) is 2. The van der Waals surface area contributed by atoms with Crippen LogP contribution in [0.15, 0.2) is 54.7 Å². The van der Waals surface area contributed by atoms with Crippen molar-refractivity contribution in [3.8, 4) is 0 Å². The van der Waals surface area contributed by atoms with Crippen molar-refractivity contribution in [1.82, 2.24) is 4.98 Å². The number of pyridine rings is 1. The van der Waals surface area contributed by atoms with Crippen LogP contribution < -0.4 is 5.32 Å². The molecule has 1 N–H and O–H groups in total. The number of hydrogen-bond donors (Lipinski definition) is 1. The van der Waals surface area contributed by atoms with E-state index < -0.39 is 0 Å². The van der Waals surface area contributed by atoms with Crippen molar-refractivity contribution in [1.29, 1.82) is 0 Å². The minimum absolute atomic E-state index is 0.0700. The van der Waals surface area contributed by atoms with Gasteiger partial charge in [-0.15, -0.1) is 0 Å². The number of rotatable bonds is 1. The Balaban J connectivity index is 1.83. The van der Waals surface area contributed by atoms with Gasteiger partial charge < -0.3 is 5.32 Å². The Morgan fingerprint density at radius 2 is 2.10 bits per heavy atom. The molecule has 4 rings (SSSR count). The number of fused-ring (bicyclic) bond motifs is 3. The lowest BCUT2D eigenvalue weighted by molar-refractivity contribution is 0.414. The van der Waals surface area contributed by atoms with Gasteiger partial charge in [0.25, 0.3) is 0 Å². The fourth-order valence-corrected chi connectivity index (χ4v) is 3.44. The summed E-state index contributed by atoms with van der Waals surface area (Å²) in [6.45, 7) is 0. The predicted molar refractivity (Wildman–Crippen MR) is 77.0 cm³/mol. The first-order valence-corrected chi connectivity index (χ1v) is 6.97. The quantitative estimate of drug-likeness (QED) is 0.788. The molecule has 0 fully saturated rings. The molecule has 2 unspecified atom stereocenters. The molecule has 0 spiro atoms. The van der Waals surface area contributed by atoms with E-state index >= 15 is 0 Å². The third-order valence-corrected chi connectivity index (χ3v) is 4.35. The maximum Gasteiger partial charge on any atom is 0.146 e. The molecule has 20 heavy (non-hydrogen) atoms. The highest BCUT2D eigenvalue weighted by molar-refractivity contribution is 5.60. The van der Waals surface area contributed by atoms with E-state index in [2.05, 4.69) is 22.5 Å². The Morgan fingerprint density at radius 1 is 1.15 bits per heavy atom. The Morgan fingerprint density at radius 3 is 2.95 bits per heavy atom. The molecule has 2 aliphatic rings. The van der Waals surface area contributed by atoms with Gasteiger partial charge in [-0.1, -0.05) is 30.4 Å². The molecular weight excluding hydrogens is 251 g/mol. The third-order valence-electron chi connectivity index (χ3n) is 4.35. The van der Waals surface area contributed by atoms with Crippen molar-refractivity contribution >= 4 is 5.69 Å². The van der Waals surface area contributed by atoms with E-state index in [1.54, 1.807) is 12.3 Å². The normalized spacial score (nSPS) is 26.8. The molecule has 0 saturated heterocycles. The fraction of sp³-hybridized carbons (Fsp3) is 0.235. The molecule has 3 atom stereocenters. The summed E-state index contributed by atoms with van der Waals surface area (Å²) < 4.78 is 14.1. The van der Waals surface area contributed by atoms with Gasteiger partial charge in [-0.25, -0.2) is 4.39 Å². The number of para-hydroxylation sites is 1. The van der Waals surface area contributed by atoms with Crippen molar-refractivity contribution in [2.24, 2.45) is 5.92 Å². The second kappa shape index (κ2) is 4.44. The Hall–Kier alpha value is -2.16. The number of aromatic nitrogens is 1. The summed E-state index contributed by atoms with van der Waals surface area (Å²) >= 11 is 0. The maximum absolute atomic E-state index is 14.1. The van der Waals surface area contributed by atoms with Gasteiger partial charge in [0.15, 0.2) is 0 Å². The first kappa shape index (κ1) is 11.6. The number of benzene rings is 1. The summed E-state index contributed by atoms with van der Waals surface area (Å²) in [7, 11) is 0. The van der Waals surface area contributed by atoms with Gasteiger partial charge in [0.2, 0.25) is 0 Å². The molecule has 0 radical (unpaired) electrons. The smallest absolute Gasteiger partial charge is 0.146 e. The van der Waals surface area contributed by atoms with Crippen LogP contribution in [-0.4, -0.2) is 4.98 Å². The lowest BCUT2D eigenvalue weighted by Gasteiger charge is -2.36. The van der Waals surface area contributed by atoms with E-state index in [4.69, 9.17) is 0 Å². The highest BCUT2D eigenvalue weighted by Gasteiger charge is 2.39. The van der Waals surface area contributed by atoms with Crippen molar-refractivity contribution in [3.63, 3.8) is 0 Å². The van der Waals surface area contributed by atoms with Crippen LogP contribution in [0.4, 0.5) is 10.1 Å². The number of anilines is 1. The number of nitrogens with zero attached hydrogens (tertiary/aromatic N) is 1. The fourth-order valence-electron chi connectivity index (χ4n) is 3.44. The first-order chi connectivity index (χ1) is 9.84. The van der Waals surface area contributed by atoms with Crippen LogP contribution in [0, 0.1) is 11.7 Å². The molecule has 0 saturated carbocycles. The van der Waals surface area contributed by atoms with Crippen LogP contribution in [0.5, 0.6) is 0 Å². The van der Waals surface area contributed by atoms with Crippen LogP contribution in [0.2, 0.25) is 0 Å². The van der Waals surface area contributed by atoms with E-state index in [1.807, 2.05) is 24.3 Å². The van der Waals surface area contributed by atoms with Crippen molar-refractivity contribution in [2.45, 2.75) is 18.4 Å². The lowest BCUT2D eigenvalue weighted by Crippen LogP contribution is -2.30. The minimum atomic E-state index is -0.179. The van der Waals surface area contributed by atoms with E-state index in [-0.39, 0.29) is 17.8 Å². The standard InChI is InChI=1S/C17H15FN2/c18-14-8-4-7-12-11-5-3-6-13(11)17(20-16(12)14)15-9-1-2-10-19-15/h1-5,7-11,13,17,20H,6H2/t11?,13?,17-/m0/s1. The van der Waals surface area contributed by atoms with Gasteiger partial charge in [0, 0.05) is 12.1 Å². The number of halogens is 1. The molecule has 2 aromatic rings. The van der Waals surface area contributed by atoms with E-state index in [9.17, 15) is 4.39 Å². The third kappa shape index (κ3) is 1.66. The van der Waals surface area contributed by atoms with E-state index in [0.29, 0.717) is 11.6 Å². The average Bonchev–Trinajstić information content (AvgIpc) is 2.97. The van der Waals surface area contributed by atoms with Crippen LogP contribution in [-0.2, 0) is 0 Å². The van der Waals surface area contributed by atoms with Crippen molar-refractivity contribution < 1.29 is 4.39 Å². The zero-order chi connectivity index (χ0) is 13.5. The molecule has 0 amide bonds. The molecule has 1 aliphatic carbocycles. The number of allylic oxidation sites excluding steroid dienone is 2. The highest BCUT2D eigenvalue weighted by atomic mass is 19.1. The van der Waals surface area contributed by atoms with E-state index in [1.165, 1.54) is 6.07 Å². The summed E-state index contributed by atoms with van der Waals surface area (Å²) in [6.07, 6.45) is 7.22. The van der Waals surface area contributed by atoms with Gasteiger partial charge in [0.1, 0.15) is 5.82 Å². The second-order valence-corrected chi connectivity index (χ2v) is 5.43. The Bertz CT molecular complexity index is 666. The molecule has 1 aromatic heterocycles. The Labute approximate surface area is 117 Å².